The van der Waals surface area contributed by atoms with Gasteiger partial charge >= 0.3 is 5.97 Å². The minimum Gasteiger partial charge on any atom is -0.425 e. The molecule has 2 aliphatic carbocycles. The van der Waals surface area contributed by atoms with Crippen LogP contribution in [0.15, 0.2) is 24.3 Å². The van der Waals surface area contributed by atoms with Gasteiger partial charge in [-0.3, -0.25) is 0 Å². The zero-order chi connectivity index (χ0) is 18.0. The summed E-state index contributed by atoms with van der Waals surface area (Å²) in [7, 11) is -1.86. The summed E-state index contributed by atoms with van der Waals surface area (Å²) < 4.78 is 19.2. The highest BCUT2D eigenvalue weighted by Crippen LogP contribution is 2.72. The third kappa shape index (κ3) is 1.92. The number of esters is 1. The topological polar surface area (TPSA) is 44.8 Å². The number of rotatable bonds is 6. The molecule has 2 aliphatic heterocycles. The van der Waals surface area contributed by atoms with Crippen LogP contribution < -0.4 is 0 Å². The van der Waals surface area contributed by atoms with E-state index in [-0.39, 0.29) is 17.8 Å². The molecule has 138 valence electrons. The summed E-state index contributed by atoms with van der Waals surface area (Å²) in [6.45, 7) is 13.9. The third-order valence-electron chi connectivity index (χ3n) is 7.69. The Morgan fingerprint density at radius 1 is 1.36 bits per heavy atom. The summed E-state index contributed by atoms with van der Waals surface area (Å²) in [6.07, 6.45) is 4.72. The predicted octanol–water partition coefficient (Wildman–Crippen LogP) is 4.04. The van der Waals surface area contributed by atoms with Crippen LogP contribution in [0.25, 0.3) is 0 Å². The van der Waals surface area contributed by atoms with E-state index < -0.39 is 19.7 Å². The smallest absolute Gasteiger partial charge is 0.333 e. The van der Waals surface area contributed by atoms with Crippen LogP contribution in [0.2, 0.25) is 18.1 Å². The van der Waals surface area contributed by atoms with E-state index >= 15 is 0 Å². The van der Waals surface area contributed by atoms with Gasteiger partial charge in [0.1, 0.15) is 0 Å². The number of ether oxygens (including phenoxy) is 2. The molecular formula is C20H30O4Si. The number of fused-ring (bicyclic) bond motifs is 2. The van der Waals surface area contributed by atoms with Gasteiger partial charge in [0, 0.05) is 17.6 Å². The molecule has 0 unspecified atom stereocenters. The summed E-state index contributed by atoms with van der Waals surface area (Å²) in [5.74, 6) is -0.0537. The van der Waals surface area contributed by atoms with Gasteiger partial charge in [-0.25, -0.2) is 4.79 Å². The summed E-state index contributed by atoms with van der Waals surface area (Å²) in [6, 6.07) is 3.29. The lowest BCUT2D eigenvalue weighted by molar-refractivity contribution is -0.259. The van der Waals surface area contributed by atoms with Crippen molar-refractivity contribution >= 4 is 14.3 Å². The maximum atomic E-state index is 12.1. The first-order chi connectivity index (χ1) is 11.9. The molecule has 4 nitrogen and oxygen atoms in total. The first-order valence-electron chi connectivity index (χ1n) is 9.86. The Kier molecular flexibility index (Phi) is 3.88. The molecule has 3 fully saturated rings. The highest BCUT2D eigenvalue weighted by Gasteiger charge is 2.79. The fourth-order valence-corrected chi connectivity index (χ4v) is 9.37. The van der Waals surface area contributed by atoms with Crippen molar-refractivity contribution in [3.63, 3.8) is 0 Å². The van der Waals surface area contributed by atoms with Crippen molar-refractivity contribution in [2.24, 2.45) is 23.7 Å². The number of carbonyl (C=O) groups is 1. The third-order valence-corrected chi connectivity index (χ3v) is 12.3. The lowest BCUT2D eigenvalue weighted by Gasteiger charge is -2.47. The molecule has 0 N–H and O–H groups in total. The Bertz CT molecular complexity index is 631. The summed E-state index contributed by atoms with van der Waals surface area (Å²) >= 11 is 0. The molecule has 2 saturated carbocycles. The second kappa shape index (κ2) is 5.54. The Labute approximate surface area is 151 Å². The first kappa shape index (κ1) is 17.5. The molecule has 25 heavy (non-hydrogen) atoms. The average molecular weight is 363 g/mol. The number of carbonyl (C=O) groups excluding carboxylic acids is 1. The van der Waals surface area contributed by atoms with Gasteiger partial charge in [-0.15, -0.1) is 6.58 Å². The lowest BCUT2D eigenvalue weighted by Crippen LogP contribution is -2.56. The molecule has 0 aromatic rings. The van der Waals surface area contributed by atoms with E-state index in [1.54, 1.807) is 6.08 Å². The zero-order valence-corrected chi connectivity index (χ0v) is 16.8. The molecule has 2 heterocycles. The van der Waals surface area contributed by atoms with Crippen molar-refractivity contribution in [1.29, 1.82) is 0 Å². The van der Waals surface area contributed by atoms with Crippen LogP contribution in [-0.4, -0.2) is 32.3 Å². The highest BCUT2D eigenvalue weighted by molar-refractivity contribution is 6.73. The zero-order valence-electron chi connectivity index (χ0n) is 15.8. The van der Waals surface area contributed by atoms with Crippen LogP contribution in [0, 0.1) is 23.7 Å². The number of hydrogen-bond acceptors (Lipinski definition) is 4. The maximum absolute atomic E-state index is 12.1. The van der Waals surface area contributed by atoms with E-state index in [0.29, 0.717) is 18.4 Å². The SMILES string of the molecule is C=C[C@]1(O[Si](CC)(CC)CC)[C@@H]2C3=CC(=O)O[C@@]34OCC[C@@H]([C@@H]2C)[C@H]41. The van der Waals surface area contributed by atoms with Crippen molar-refractivity contribution in [2.75, 3.05) is 6.61 Å². The molecule has 1 saturated heterocycles. The quantitative estimate of drug-likeness (QED) is 0.406. The van der Waals surface area contributed by atoms with Crippen LogP contribution in [0.3, 0.4) is 0 Å². The Morgan fingerprint density at radius 3 is 2.64 bits per heavy atom. The highest BCUT2D eigenvalue weighted by atomic mass is 28.4. The van der Waals surface area contributed by atoms with E-state index in [9.17, 15) is 4.79 Å². The molecule has 0 aromatic heterocycles. The normalized spacial score (nSPS) is 44.5. The van der Waals surface area contributed by atoms with E-state index in [0.717, 1.165) is 30.1 Å². The van der Waals surface area contributed by atoms with Crippen molar-refractivity contribution in [1.82, 2.24) is 0 Å². The summed E-state index contributed by atoms with van der Waals surface area (Å²) in [4.78, 5) is 12.1. The van der Waals surface area contributed by atoms with Gasteiger partial charge in [-0.2, -0.15) is 0 Å². The standard InChI is InChI=1S/C20H30O4Si/c1-6-19(24-25(7-2,8-3)9-4)17-13(5)14-10-11-22-20(18(14)19)15(17)12-16(21)23-20/h6,12-14,17-18H,1,7-11H2,2-5H3/t13-,14-,17-,18-,19-,20-/m0/s1. The average Bonchev–Trinajstić information content (AvgIpc) is 3.14. The Morgan fingerprint density at radius 2 is 2.04 bits per heavy atom. The largest absolute Gasteiger partial charge is 0.425 e. The fourth-order valence-electron chi connectivity index (χ4n) is 6.35. The van der Waals surface area contributed by atoms with Gasteiger partial charge in [0.25, 0.3) is 0 Å². The van der Waals surface area contributed by atoms with Gasteiger partial charge in [0.05, 0.1) is 18.1 Å². The van der Waals surface area contributed by atoms with Gasteiger partial charge in [0.15, 0.2) is 8.32 Å². The number of hydrogen-bond donors (Lipinski definition) is 0. The summed E-state index contributed by atoms with van der Waals surface area (Å²) in [5.41, 5.74) is 0.558. The second-order valence-electron chi connectivity index (χ2n) is 8.21. The van der Waals surface area contributed by atoms with Gasteiger partial charge < -0.3 is 13.9 Å². The van der Waals surface area contributed by atoms with Crippen LogP contribution in [0.1, 0.15) is 34.1 Å². The van der Waals surface area contributed by atoms with Crippen LogP contribution >= 0.6 is 0 Å². The Balaban J connectivity index is 1.86. The van der Waals surface area contributed by atoms with E-state index in [1.807, 2.05) is 6.08 Å². The van der Waals surface area contributed by atoms with Crippen molar-refractivity contribution in [3.05, 3.63) is 24.3 Å². The van der Waals surface area contributed by atoms with Gasteiger partial charge in [0.2, 0.25) is 5.79 Å². The molecule has 5 heteroatoms. The molecule has 2 bridgehead atoms. The van der Waals surface area contributed by atoms with Gasteiger partial charge in [-0.1, -0.05) is 33.8 Å². The van der Waals surface area contributed by atoms with Crippen molar-refractivity contribution in [2.45, 2.75) is 63.6 Å². The fraction of sp³-hybridized carbons (Fsp3) is 0.750. The summed E-state index contributed by atoms with van der Waals surface area (Å²) in [5, 5.41) is 0. The molecule has 0 aromatic carbocycles. The minimum atomic E-state index is -1.86. The monoisotopic (exact) mass is 362 g/mol. The molecule has 0 radical (unpaired) electrons. The first-order valence-corrected chi connectivity index (χ1v) is 12.4. The molecule has 4 rings (SSSR count). The van der Waals surface area contributed by atoms with Crippen LogP contribution in [0.4, 0.5) is 0 Å². The van der Waals surface area contributed by atoms with Crippen molar-refractivity contribution in [3.8, 4) is 0 Å². The van der Waals surface area contributed by atoms with E-state index in [2.05, 4.69) is 34.3 Å². The van der Waals surface area contributed by atoms with E-state index in [4.69, 9.17) is 13.9 Å². The van der Waals surface area contributed by atoms with Crippen LogP contribution in [0.5, 0.6) is 0 Å². The second-order valence-corrected chi connectivity index (χ2v) is 12.9. The van der Waals surface area contributed by atoms with Crippen LogP contribution in [-0.2, 0) is 18.7 Å². The molecule has 1 spiro atoms. The Hall–Kier alpha value is -0.913. The predicted molar refractivity (Wildman–Crippen MR) is 98.3 cm³/mol. The van der Waals surface area contributed by atoms with Gasteiger partial charge in [-0.05, 0) is 36.4 Å². The maximum Gasteiger partial charge on any atom is 0.333 e. The molecule has 4 aliphatic rings. The minimum absolute atomic E-state index is 0.0421. The molecular weight excluding hydrogens is 332 g/mol. The molecule has 6 atom stereocenters. The van der Waals surface area contributed by atoms with E-state index in [1.165, 1.54) is 0 Å². The lowest BCUT2D eigenvalue weighted by atomic mass is 9.72. The van der Waals surface area contributed by atoms with Crippen molar-refractivity contribution < 1.29 is 18.7 Å². The molecule has 0 amide bonds.